The molecule has 3 nitrogen and oxygen atoms in total. The van der Waals surface area contributed by atoms with Crippen molar-refractivity contribution >= 4 is 15.9 Å². The van der Waals surface area contributed by atoms with Gasteiger partial charge in [-0.3, -0.25) is 4.68 Å². The van der Waals surface area contributed by atoms with Crippen LogP contribution >= 0.6 is 15.9 Å². The highest BCUT2D eigenvalue weighted by atomic mass is 79.9. The van der Waals surface area contributed by atoms with Gasteiger partial charge in [0.2, 0.25) is 0 Å². The molecule has 1 aliphatic rings. The average molecular weight is 306 g/mol. The van der Waals surface area contributed by atoms with Gasteiger partial charge in [0.1, 0.15) is 0 Å². The molecule has 0 radical (unpaired) electrons. The summed E-state index contributed by atoms with van der Waals surface area (Å²) in [7, 11) is 0. The highest BCUT2D eigenvalue weighted by molar-refractivity contribution is 9.10. The van der Waals surface area contributed by atoms with Crippen LogP contribution in [-0.4, -0.2) is 9.78 Å². The molecule has 2 heterocycles. The summed E-state index contributed by atoms with van der Waals surface area (Å²) in [5.74, 6) is 0. The monoisotopic (exact) mass is 305 g/mol. The van der Waals surface area contributed by atoms with E-state index in [2.05, 4.69) is 50.8 Å². The maximum absolute atomic E-state index is 5.83. The minimum absolute atomic E-state index is 0.501. The van der Waals surface area contributed by atoms with Crippen LogP contribution < -0.4 is 5.73 Å². The predicted octanol–water partition coefficient (Wildman–Crippen LogP) is 3.03. The predicted molar refractivity (Wildman–Crippen MR) is 76.3 cm³/mol. The first kappa shape index (κ1) is 11.9. The molecule has 0 bridgehead atoms. The van der Waals surface area contributed by atoms with Crippen LogP contribution in [0.1, 0.15) is 23.4 Å². The summed E-state index contributed by atoms with van der Waals surface area (Å²) < 4.78 is 3.26. The van der Waals surface area contributed by atoms with Gasteiger partial charge in [0.25, 0.3) is 0 Å². The van der Waals surface area contributed by atoms with Gasteiger partial charge < -0.3 is 5.73 Å². The van der Waals surface area contributed by atoms with E-state index < -0.39 is 0 Å². The summed E-state index contributed by atoms with van der Waals surface area (Å²) in [5, 5.41) is 4.61. The molecule has 2 N–H and O–H groups in total. The van der Waals surface area contributed by atoms with Gasteiger partial charge >= 0.3 is 0 Å². The highest BCUT2D eigenvalue weighted by Crippen LogP contribution is 2.33. The third kappa shape index (κ3) is 1.80. The largest absolute Gasteiger partial charge is 0.325 e. The number of aryl methyl sites for hydroxylation is 2. The number of fused-ring (bicyclic) bond motifs is 1. The lowest BCUT2D eigenvalue weighted by molar-refractivity contribution is 0.644. The molecule has 0 aliphatic carbocycles. The summed E-state index contributed by atoms with van der Waals surface area (Å²) >= 11 is 3.60. The zero-order valence-electron chi connectivity index (χ0n) is 10.4. The van der Waals surface area contributed by atoms with E-state index in [4.69, 9.17) is 5.73 Å². The number of nitrogens with zero attached hydrogens (tertiary/aromatic N) is 2. The van der Waals surface area contributed by atoms with Crippen LogP contribution in [0.15, 0.2) is 22.7 Å². The zero-order chi connectivity index (χ0) is 12.7. The Morgan fingerprint density at radius 2 is 2.28 bits per heavy atom. The zero-order valence-corrected chi connectivity index (χ0v) is 12.0. The Hall–Kier alpha value is -1.13. The van der Waals surface area contributed by atoms with Crippen molar-refractivity contribution in [2.75, 3.05) is 0 Å². The van der Waals surface area contributed by atoms with Gasteiger partial charge in [0, 0.05) is 28.8 Å². The van der Waals surface area contributed by atoms with E-state index in [0.717, 1.165) is 23.1 Å². The lowest BCUT2D eigenvalue weighted by Gasteiger charge is -2.06. The second-order valence-electron chi connectivity index (χ2n) is 4.76. The second kappa shape index (κ2) is 4.52. The van der Waals surface area contributed by atoms with Crippen LogP contribution in [0.3, 0.4) is 0 Å². The summed E-state index contributed by atoms with van der Waals surface area (Å²) in [4.78, 5) is 0. The van der Waals surface area contributed by atoms with Gasteiger partial charge in [-0.15, -0.1) is 0 Å². The molecule has 18 heavy (non-hydrogen) atoms. The van der Waals surface area contributed by atoms with E-state index in [1.54, 1.807) is 0 Å². The molecule has 3 rings (SSSR count). The molecular weight excluding hydrogens is 290 g/mol. The van der Waals surface area contributed by atoms with Crippen molar-refractivity contribution in [1.29, 1.82) is 0 Å². The van der Waals surface area contributed by atoms with Crippen molar-refractivity contribution in [3.05, 3.63) is 39.6 Å². The maximum Gasteiger partial charge on any atom is 0.0841 e. The van der Waals surface area contributed by atoms with Crippen LogP contribution in [0.4, 0.5) is 0 Å². The van der Waals surface area contributed by atoms with Crippen molar-refractivity contribution in [3.63, 3.8) is 0 Å². The van der Waals surface area contributed by atoms with Gasteiger partial charge in [-0.2, -0.15) is 5.10 Å². The van der Waals surface area contributed by atoms with E-state index in [1.165, 1.54) is 28.8 Å². The number of aromatic nitrogens is 2. The van der Waals surface area contributed by atoms with Gasteiger partial charge in [0.05, 0.1) is 5.69 Å². The molecule has 2 aromatic rings. The summed E-state index contributed by atoms with van der Waals surface area (Å²) in [6.07, 6.45) is 2.29. The topological polar surface area (TPSA) is 43.8 Å². The molecule has 0 fully saturated rings. The van der Waals surface area contributed by atoms with E-state index in [0.29, 0.717) is 6.54 Å². The molecule has 0 atom stereocenters. The average Bonchev–Trinajstić information content (AvgIpc) is 2.92. The van der Waals surface area contributed by atoms with Crippen molar-refractivity contribution in [2.45, 2.75) is 32.9 Å². The first-order chi connectivity index (χ1) is 8.70. The first-order valence-electron chi connectivity index (χ1n) is 6.26. The Bertz CT molecular complexity index is 601. The number of benzene rings is 1. The molecule has 1 aromatic heterocycles. The van der Waals surface area contributed by atoms with Crippen molar-refractivity contribution in [2.24, 2.45) is 5.73 Å². The van der Waals surface area contributed by atoms with Gasteiger partial charge in [-0.1, -0.05) is 28.1 Å². The quantitative estimate of drug-likeness (QED) is 0.927. The van der Waals surface area contributed by atoms with Crippen LogP contribution in [0.25, 0.3) is 11.1 Å². The molecule has 0 saturated heterocycles. The Labute approximate surface area is 115 Å². The third-order valence-corrected chi connectivity index (χ3v) is 4.42. The Morgan fingerprint density at radius 3 is 3.00 bits per heavy atom. The molecule has 1 aromatic carbocycles. The highest BCUT2D eigenvalue weighted by Gasteiger charge is 2.22. The fraction of sp³-hybridized carbons (Fsp3) is 0.357. The minimum atomic E-state index is 0.501. The summed E-state index contributed by atoms with van der Waals surface area (Å²) in [6.45, 7) is 3.62. The van der Waals surface area contributed by atoms with Crippen molar-refractivity contribution in [1.82, 2.24) is 9.78 Å². The smallest absolute Gasteiger partial charge is 0.0841 e. The fourth-order valence-corrected chi connectivity index (χ4v) is 2.99. The molecule has 0 saturated carbocycles. The lowest BCUT2D eigenvalue weighted by Crippen LogP contribution is -2.01. The van der Waals surface area contributed by atoms with Crippen molar-refractivity contribution < 1.29 is 0 Å². The molecule has 0 amide bonds. The molecule has 0 spiro atoms. The molecule has 94 valence electrons. The third-order valence-electron chi connectivity index (χ3n) is 3.57. The number of rotatable bonds is 2. The SMILES string of the molecule is Cc1ccc(-c2c(CN)nn3c2CCC3)cc1Br. The number of nitrogens with two attached hydrogens (primary N) is 1. The normalized spacial score (nSPS) is 13.9. The second-order valence-corrected chi connectivity index (χ2v) is 5.62. The summed E-state index contributed by atoms with van der Waals surface area (Å²) in [6, 6.07) is 6.47. The van der Waals surface area contributed by atoms with Crippen molar-refractivity contribution in [3.8, 4) is 11.1 Å². The van der Waals surface area contributed by atoms with Crippen LogP contribution in [-0.2, 0) is 19.5 Å². The Balaban J connectivity index is 2.18. The van der Waals surface area contributed by atoms with Gasteiger partial charge in [0.15, 0.2) is 0 Å². The van der Waals surface area contributed by atoms with Gasteiger partial charge in [-0.25, -0.2) is 0 Å². The minimum Gasteiger partial charge on any atom is -0.325 e. The van der Waals surface area contributed by atoms with Crippen LogP contribution in [0, 0.1) is 6.92 Å². The standard InChI is InChI=1S/C14H16BrN3/c1-9-4-5-10(7-11(9)15)14-12(8-16)17-18-6-2-3-13(14)18/h4-5,7H,2-3,6,8,16H2,1H3. The summed E-state index contributed by atoms with van der Waals surface area (Å²) in [5.41, 5.74) is 11.9. The number of hydrogen-bond donors (Lipinski definition) is 1. The van der Waals surface area contributed by atoms with Crippen LogP contribution in [0.2, 0.25) is 0 Å². The molecule has 4 heteroatoms. The van der Waals surface area contributed by atoms with E-state index in [-0.39, 0.29) is 0 Å². The number of halogens is 1. The maximum atomic E-state index is 5.83. The van der Waals surface area contributed by atoms with E-state index in [1.807, 2.05) is 0 Å². The molecule has 1 aliphatic heterocycles. The van der Waals surface area contributed by atoms with Gasteiger partial charge in [-0.05, 0) is 37.0 Å². The molecular formula is C14H16BrN3. The Kier molecular flexibility index (Phi) is 2.99. The lowest BCUT2D eigenvalue weighted by atomic mass is 10.0. The Morgan fingerprint density at radius 1 is 1.44 bits per heavy atom. The molecule has 0 unspecified atom stereocenters. The fourth-order valence-electron chi connectivity index (χ4n) is 2.61. The van der Waals surface area contributed by atoms with E-state index in [9.17, 15) is 0 Å². The first-order valence-corrected chi connectivity index (χ1v) is 7.05. The van der Waals surface area contributed by atoms with E-state index >= 15 is 0 Å². The number of hydrogen-bond acceptors (Lipinski definition) is 2. The van der Waals surface area contributed by atoms with Crippen LogP contribution in [0.5, 0.6) is 0 Å².